The van der Waals surface area contributed by atoms with Gasteiger partial charge in [0, 0.05) is 30.1 Å². The number of rotatable bonds is 8. The van der Waals surface area contributed by atoms with E-state index >= 15 is 0 Å². The molecule has 2 aliphatic heterocycles. The molecule has 1 saturated heterocycles. The lowest BCUT2D eigenvalue weighted by Gasteiger charge is -2.28. The Hall–Kier alpha value is -3.08. The zero-order valence-corrected chi connectivity index (χ0v) is 20.7. The molecule has 2 aromatic carbocycles. The number of thioether (sulfide) groups is 1. The van der Waals surface area contributed by atoms with Crippen molar-refractivity contribution in [3.63, 3.8) is 0 Å². The second-order valence-corrected chi connectivity index (χ2v) is 9.41. The van der Waals surface area contributed by atoms with Gasteiger partial charge < -0.3 is 19.9 Å². The van der Waals surface area contributed by atoms with E-state index in [-0.39, 0.29) is 30.3 Å². The van der Waals surface area contributed by atoms with Crippen LogP contribution < -0.4 is 14.8 Å². The van der Waals surface area contributed by atoms with Gasteiger partial charge in [-0.15, -0.1) is 0 Å². The fourth-order valence-electron chi connectivity index (χ4n) is 4.08. The van der Waals surface area contributed by atoms with Crippen LogP contribution in [0.1, 0.15) is 24.0 Å². The number of aliphatic hydroxyl groups excluding tert-OH is 1. The number of carbonyl (C=O) groups is 2. The number of nitrogens with zero attached hydrogens (tertiary/aromatic N) is 3. The van der Waals surface area contributed by atoms with Gasteiger partial charge >= 0.3 is 5.24 Å². The van der Waals surface area contributed by atoms with E-state index in [0.29, 0.717) is 48.9 Å². The van der Waals surface area contributed by atoms with Crippen molar-refractivity contribution in [1.29, 1.82) is 0 Å². The number of hydrazone groups is 1. The third-order valence-electron chi connectivity index (χ3n) is 5.97. The zero-order valence-electron chi connectivity index (χ0n) is 19.9. The summed E-state index contributed by atoms with van der Waals surface area (Å²) in [6.07, 6.45) is 1.11. The smallest absolute Gasteiger partial charge is 0.302 e. The Labute approximate surface area is 209 Å². The van der Waals surface area contributed by atoms with Crippen molar-refractivity contribution < 1.29 is 24.2 Å². The standard InChI is InChI=1S/C25H30N4O5S/c1-33-22-7-6-18(13-23(22)34-2)21-16-35-25(32)29(27-21)14-17-4-3-5-19(12-17)26-24(31)15-28-10-8-20(30)9-11-28/h3-7,12-13,20,30H,8-11,14-16H2,1-2H3,(H,26,31). The maximum Gasteiger partial charge on any atom is 0.302 e. The van der Waals surface area contributed by atoms with Crippen LogP contribution in [-0.2, 0) is 11.3 Å². The first-order valence-corrected chi connectivity index (χ1v) is 12.5. The fourth-order valence-corrected chi connectivity index (χ4v) is 4.82. The monoisotopic (exact) mass is 498 g/mol. The molecule has 2 heterocycles. The third-order valence-corrected chi connectivity index (χ3v) is 6.84. The van der Waals surface area contributed by atoms with Crippen molar-refractivity contribution in [3.05, 3.63) is 53.6 Å². The molecule has 1 fully saturated rings. The fraction of sp³-hybridized carbons (Fsp3) is 0.400. The largest absolute Gasteiger partial charge is 0.493 e. The Bertz CT molecular complexity index is 1100. The average Bonchev–Trinajstić information content (AvgIpc) is 2.86. The molecular weight excluding hydrogens is 468 g/mol. The van der Waals surface area contributed by atoms with Crippen molar-refractivity contribution >= 4 is 34.3 Å². The van der Waals surface area contributed by atoms with Crippen LogP contribution in [0.2, 0.25) is 0 Å². The molecule has 0 saturated carbocycles. The van der Waals surface area contributed by atoms with Crippen molar-refractivity contribution in [2.24, 2.45) is 5.10 Å². The number of amides is 2. The number of piperidine rings is 1. The normalized spacial score (nSPS) is 17.2. The van der Waals surface area contributed by atoms with Crippen LogP contribution in [0.15, 0.2) is 47.6 Å². The van der Waals surface area contributed by atoms with Crippen LogP contribution in [0.25, 0.3) is 0 Å². The molecule has 0 aromatic heterocycles. The first-order chi connectivity index (χ1) is 16.9. The summed E-state index contributed by atoms with van der Waals surface area (Å²) in [6.45, 7) is 2.00. The summed E-state index contributed by atoms with van der Waals surface area (Å²) >= 11 is 1.20. The van der Waals surface area contributed by atoms with E-state index in [9.17, 15) is 14.7 Å². The number of methoxy groups -OCH3 is 2. The van der Waals surface area contributed by atoms with E-state index in [0.717, 1.165) is 16.8 Å². The quantitative estimate of drug-likeness (QED) is 0.576. The lowest BCUT2D eigenvalue weighted by atomic mass is 10.1. The van der Waals surface area contributed by atoms with E-state index < -0.39 is 0 Å². The minimum atomic E-state index is -0.267. The summed E-state index contributed by atoms with van der Waals surface area (Å²) in [5.74, 6) is 1.60. The molecule has 0 radical (unpaired) electrons. The van der Waals surface area contributed by atoms with Gasteiger partial charge in [-0.05, 0) is 48.7 Å². The summed E-state index contributed by atoms with van der Waals surface area (Å²) in [7, 11) is 3.17. The number of carbonyl (C=O) groups excluding carboxylic acids is 2. The SMILES string of the molecule is COc1ccc(C2=NN(Cc3cccc(NC(=O)CN4CCC(O)CC4)c3)C(=O)SC2)cc1OC. The van der Waals surface area contributed by atoms with E-state index in [1.54, 1.807) is 14.2 Å². The number of anilines is 1. The van der Waals surface area contributed by atoms with E-state index in [2.05, 4.69) is 10.4 Å². The maximum absolute atomic E-state index is 12.6. The molecule has 0 atom stereocenters. The van der Waals surface area contributed by atoms with Gasteiger partial charge in [-0.3, -0.25) is 14.5 Å². The highest BCUT2D eigenvalue weighted by molar-refractivity contribution is 8.14. The van der Waals surface area contributed by atoms with Gasteiger partial charge in [0.05, 0.1) is 39.1 Å². The molecule has 2 aromatic rings. The molecule has 0 spiro atoms. The van der Waals surface area contributed by atoms with Crippen LogP contribution >= 0.6 is 11.8 Å². The zero-order chi connectivity index (χ0) is 24.8. The second kappa shape index (κ2) is 11.6. The number of likely N-dealkylation sites (tertiary alicyclic amines) is 1. The minimum Gasteiger partial charge on any atom is -0.493 e. The number of benzene rings is 2. The molecule has 0 aliphatic carbocycles. The van der Waals surface area contributed by atoms with Gasteiger partial charge in [0.15, 0.2) is 11.5 Å². The second-order valence-electron chi connectivity index (χ2n) is 8.48. The molecule has 2 amide bonds. The predicted octanol–water partition coefficient (Wildman–Crippen LogP) is 3.17. The van der Waals surface area contributed by atoms with Gasteiger partial charge in [-0.1, -0.05) is 23.9 Å². The summed E-state index contributed by atoms with van der Waals surface area (Å²) in [6, 6.07) is 13.0. The Balaban J connectivity index is 1.42. The summed E-state index contributed by atoms with van der Waals surface area (Å²) in [5, 5.41) is 18.5. The number of nitrogens with one attached hydrogen (secondary N) is 1. The van der Waals surface area contributed by atoms with E-state index in [4.69, 9.17) is 9.47 Å². The van der Waals surface area contributed by atoms with Crippen molar-refractivity contribution in [2.45, 2.75) is 25.5 Å². The molecule has 2 aliphatic rings. The van der Waals surface area contributed by atoms with Crippen LogP contribution in [-0.4, -0.2) is 77.6 Å². The Kier molecular flexibility index (Phi) is 8.27. The lowest BCUT2D eigenvalue weighted by molar-refractivity contribution is -0.117. The van der Waals surface area contributed by atoms with Gasteiger partial charge in [0.25, 0.3) is 0 Å². The van der Waals surface area contributed by atoms with E-state index in [1.807, 2.05) is 47.4 Å². The molecule has 4 rings (SSSR count). The Morgan fingerprint density at radius 3 is 2.66 bits per heavy atom. The molecule has 186 valence electrons. The molecule has 2 N–H and O–H groups in total. The Morgan fingerprint density at radius 1 is 1.14 bits per heavy atom. The minimum absolute atomic E-state index is 0.100. The Morgan fingerprint density at radius 2 is 1.91 bits per heavy atom. The highest BCUT2D eigenvalue weighted by atomic mass is 32.2. The number of hydrogen-bond acceptors (Lipinski definition) is 8. The first kappa shape index (κ1) is 25.0. The van der Waals surface area contributed by atoms with Gasteiger partial charge in [0.2, 0.25) is 5.91 Å². The van der Waals surface area contributed by atoms with Crippen LogP contribution in [0.4, 0.5) is 10.5 Å². The van der Waals surface area contributed by atoms with Crippen molar-refractivity contribution in [3.8, 4) is 11.5 Å². The highest BCUT2D eigenvalue weighted by Gasteiger charge is 2.23. The van der Waals surface area contributed by atoms with Crippen LogP contribution in [0.5, 0.6) is 11.5 Å². The molecular formula is C25H30N4O5S. The van der Waals surface area contributed by atoms with Gasteiger partial charge in [0.1, 0.15) is 0 Å². The molecule has 10 heteroatoms. The number of aliphatic hydroxyl groups is 1. The number of hydrogen-bond donors (Lipinski definition) is 2. The third kappa shape index (κ3) is 6.53. The molecule has 9 nitrogen and oxygen atoms in total. The topological polar surface area (TPSA) is 104 Å². The van der Waals surface area contributed by atoms with Crippen molar-refractivity contribution in [1.82, 2.24) is 9.91 Å². The van der Waals surface area contributed by atoms with Gasteiger partial charge in [-0.25, -0.2) is 5.01 Å². The molecule has 0 bridgehead atoms. The maximum atomic E-state index is 12.6. The lowest BCUT2D eigenvalue weighted by Crippen LogP contribution is -2.40. The summed E-state index contributed by atoms with van der Waals surface area (Å²) in [5.41, 5.74) is 3.16. The predicted molar refractivity (Wildman–Crippen MR) is 136 cm³/mol. The van der Waals surface area contributed by atoms with Gasteiger partial charge in [-0.2, -0.15) is 5.10 Å². The summed E-state index contributed by atoms with van der Waals surface area (Å²) < 4.78 is 10.7. The van der Waals surface area contributed by atoms with Crippen molar-refractivity contribution in [2.75, 3.05) is 44.9 Å². The molecule has 35 heavy (non-hydrogen) atoms. The summed E-state index contributed by atoms with van der Waals surface area (Å²) in [4.78, 5) is 27.1. The van der Waals surface area contributed by atoms with Crippen LogP contribution in [0.3, 0.4) is 0 Å². The average molecular weight is 499 g/mol. The van der Waals surface area contributed by atoms with E-state index in [1.165, 1.54) is 16.8 Å². The molecule has 0 unspecified atom stereocenters. The highest BCUT2D eigenvalue weighted by Crippen LogP contribution is 2.30. The first-order valence-electron chi connectivity index (χ1n) is 11.5. The number of ether oxygens (including phenoxy) is 2. The van der Waals surface area contributed by atoms with Crippen LogP contribution in [0, 0.1) is 0 Å².